The molecule has 0 aliphatic heterocycles. The summed E-state index contributed by atoms with van der Waals surface area (Å²) in [7, 11) is 1.19. The predicted octanol–water partition coefficient (Wildman–Crippen LogP) is 3.57. The molecule has 10 nitrogen and oxygen atoms in total. The van der Waals surface area contributed by atoms with Crippen molar-refractivity contribution in [2.45, 2.75) is 33.0 Å². The first-order valence-electron chi connectivity index (χ1n) is 9.37. The first kappa shape index (κ1) is 25.4. The lowest BCUT2D eigenvalue weighted by atomic mass is 10.1. The van der Waals surface area contributed by atoms with E-state index in [0.29, 0.717) is 23.4 Å². The normalized spacial score (nSPS) is 12.1. The van der Waals surface area contributed by atoms with Gasteiger partial charge < -0.3 is 19.8 Å². The number of hydrogen-bond acceptors (Lipinski definition) is 8. The molecule has 1 heterocycles. The number of Topliss-reactive ketones (excluding diaryl/α,β-unsaturated/α-hetero) is 1. The fourth-order valence-electron chi connectivity index (χ4n) is 3.04. The molecule has 0 amide bonds. The van der Waals surface area contributed by atoms with E-state index in [2.05, 4.69) is 15.0 Å². The monoisotopic (exact) mass is 471 g/mol. The number of esters is 2. The van der Waals surface area contributed by atoms with Gasteiger partial charge in [0.1, 0.15) is 11.7 Å². The molecule has 0 aliphatic rings. The van der Waals surface area contributed by atoms with Crippen LogP contribution in [0.1, 0.15) is 44.6 Å². The Morgan fingerprint density at radius 1 is 1.24 bits per heavy atom. The Labute approximate surface area is 185 Å². The van der Waals surface area contributed by atoms with E-state index in [1.807, 2.05) is 0 Å². The van der Waals surface area contributed by atoms with Crippen LogP contribution in [-0.2, 0) is 20.4 Å². The molecule has 0 saturated carbocycles. The smallest absolute Gasteiger partial charge is 0.416 e. The standard InChI is InChI=1S/C20H20F3N3O7/c1-9-16(19(29)32-4)10(2)25-17(9)15(27)8-33-18(28)11(3)24-13-6-5-12(20(21,22)23)7-14(13)26(30)31/h5-7,11,24-25H,8H2,1-4H3/t11-/m0/s1. The zero-order valence-electron chi connectivity index (χ0n) is 18.0. The number of aryl methyl sites for hydroxylation is 1. The fraction of sp³-hybridized carbons (Fsp3) is 0.350. The molecule has 0 aliphatic carbocycles. The number of aromatic amines is 1. The summed E-state index contributed by atoms with van der Waals surface area (Å²) in [5.74, 6) is -2.27. The number of halogens is 3. The van der Waals surface area contributed by atoms with E-state index < -0.39 is 52.7 Å². The van der Waals surface area contributed by atoms with Crippen molar-refractivity contribution in [3.05, 3.63) is 56.4 Å². The lowest BCUT2D eigenvalue weighted by Gasteiger charge is -2.15. The molecule has 0 fully saturated rings. The number of carbonyl (C=O) groups excluding carboxylic acids is 3. The topological polar surface area (TPSA) is 141 Å². The van der Waals surface area contributed by atoms with Crippen LogP contribution in [0.5, 0.6) is 0 Å². The Bertz CT molecular complexity index is 1110. The molecular weight excluding hydrogens is 451 g/mol. The molecule has 1 aromatic heterocycles. The van der Waals surface area contributed by atoms with Gasteiger partial charge in [0, 0.05) is 11.8 Å². The van der Waals surface area contributed by atoms with E-state index in [0.717, 1.165) is 6.07 Å². The van der Waals surface area contributed by atoms with E-state index in [-0.39, 0.29) is 16.9 Å². The highest BCUT2D eigenvalue weighted by molar-refractivity contribution is 6.02. The van der Waals surface area contributed by atoms with E-state index in [1.165, 1.54) is 21.0 Å². The number of ketones is 1. The number of hydrogen-bond donors (Lipinski definition) is 2. The molecule has 0 unspecified atom stereocenters. The van der Waals surface area contributed by atoms with Gasteiger partial charge in [0.25, 0.3) is 5.69 Å². The molecule has 1 aromatic carbocycles. The fourth-order valence-corrected chi connectivity index (χ4v) is 3.04. The first-order chi connectivity index (χ1) is 15.3. The summed E-state index contributed by atoms with van der Waals surface area (Å²) in [6.45, 7) is 3.62. The van der Waals surface area contributed by atoms with E-state index in [9.17, 15) is 37.7 Å². The minimum atomic E-state index is -4.78. The molecule has 0 bridgehead atoms. The minimum absolute atomic E-state index is 0.0414. The Hall–Kier alpha value is -3.90. The van der Waals surface area contributed by atoms with Crippen molar-refractivity contribution >= 4 is 29.1 Å². The van der Waals surface area contributed by atoms with Gasteiger partial charge in [-0.05, 0) is 38.5 Å². The number of nitro benzene ring substituents is 1. The Kier molecular flexibility index (Phi) is 7.46. The van der Waals surface area contributed by atoms with Crippen LogP contribution in [0.15, 0.2) is 18.2 Å². The predicted molar refractivity (Wildman–Crippen MR) is 108 cm³/mol. The van der Waals surface area contributed by atoms with E-state index >= 15 is 0 Å². The molecule has 0 spiro atoms. The number of benzene rings is 1. The summed E-state index contributed by atoms with van der Waals surface area (Å²) in [6.07, 6.45) is -4.78. The van der Waals surface area contributed by atoms with Crippen molar-refractivity contribution in [3.63, 3.8) is 0 Å². The summed E-state index contributed by atoms with van der Waals surface area (Å²) in [5, 5.41) is 13.6. The van der Waals surface area contributed by atoms with E-state index in [4.69, 9.17) is 4.74 Å². The van der Waals surface area contributed by atoms with Crippen LogP contribution in [0.2, 0.25) is 0 Å². The molecule has 33 heavy (non-hydrogen) atoms. The maximum absolute atomic E-state index is 12.8. The van der Waals surface area contributed by atoms with Gasteiger partial charge in [-0.1, -0.05) is 0 Å². The van der Waals surface area contributed by atoms with Crippen molar-refractivity contribution in [3.8, 4) is 0 Å². The van der Waals surface area contributed by atoms with Gasteiger partial charge in [-0.25, -0.2) is 9.59 Å². The van der Waals surface area contributed by atoms with E-state index in [1.54, 1.807) is 6.92 Å². The average molecular weight is 471 g/mol. The molecule has 0 radical (unpaired) electrons. The Balaban J connectivity index is 2.10. The van der Waals surface area contributed by atoms with Gasteiger partial charge >= 0.3 is 18.1 Å². The van der Waals surface area contributed by atoms with Gasteiger partial charge in [0.05, 0.1) is 28.9 Å². The summed E-state index contributed by atoms with van der Waals surface area (Å²) in [6, 6.07) is 0.575. The van der Waals surface area contributed by atoms with Crippen LogP contribution in [0.4, 0.5) is 24.5 Å². The maximum atomic E-state index is 12.8. The molecule has 178 valence electrons. The van der Waals surface area contributed by atoms with Crippen LogP contribution in [0, 0.1) is 24.0 Å². The third-order valence-electron chi connectivity index (χ3n) is 4.70. The molecule has 2 N–H and O–H groups in total. The van der Waals surface area contributed by atoms with Crippen LogP contribution in [0.25, 0.3) is 0 Å². The number of methoxy groups -OCH3 is 1. The highest BCUT2D eigenvalue weighted by atomic mass is 19.4. The molecule has 13 heteroatoms. The number of anilines is 1. The number of nitro groups is 1. The number of aromatic nitrogens is 1. The zero-order valence-corrected chi connectivity index (χ0v) is 18.0. The minimum Gasteiger partial charge on any atom is -0.465 e. The number of H-pyrrole nitrogens is 1. The quantitative estimate of drug-likeness (QED) is 0.258. The van der Waals surface area contributed by atoms with Crippen molar-refractivity contribution in [2.75, 3.05) is 19.0 Å². The summed E-state index contributed by atoms with van der Waals surface area (Å²) < 4.78 is 48.0. The van der Waals surface area contributed by atoms with Crippen LogP contribution in [0.3, 0.4) is 0 Å². The highest BCUT2D eigenvalue weighted by Crippen LogP contribution is 2.35. The van der Waals surface area contributed by atoms with Gasteiger partial charge in [0.2, 0.25) is 5.78 Å². The summed E-state index contributed by atoms with van der Waals surface area (Å²) >= 11 is 0. The molecular formula is C20H20F3N3O7. The van der Waals surface area contributed by atoms with Crippen LogP contribution >= 0.6 is 0 Å². The Morgan fingerprint density at radius 2 is 1.88 bits per heavy atom. The second kappa shape index (κ2) is 9.71. The third-order valence-corrected chi connectivity index (χ3v) is 4.70. The zero-order chi connectivity index (χ0) is 25.1. The van der Waals surface area contributed by atoms with Gasteiger partial charge in [-0.2, -0.15) is 13.2 Å². The second-order valence-corrected chi connectivity index (χ2v) is 7.00. The molecule has 2 aromatic rings. The van der Waals surface area contributed by atoms with Crippen LogP contribution in [-0.4, -0.2) is 47.4 Å². The Morgan fingerprint density at radius 3 is 2.42 bits per heavy atom. The van der Waals surface area contributed by atoms with Crippen molar-refractivity contribution < 1.29 is 42.0 Å². The molecule has 2 rings (SSSR count). The first-order valence-corrected chi connectivity index (χ1v) is 9.37. The number of rotatable bonds is 8. The van der Waals surface area contributed by atoms with Crippen molar-refractivity contribution in [1.29, 1.82) is 0 Å². The SMILES string of the molecule is COC(=O)c1c(C)[nH]c(C(=O)COC(=O)[C@H](C)Nc2ccc(C(F)(F)F)cc2[N+](=O)[O-])c1C. The largest absolute Gasteiger partial charge is 0.465 e. The summed E-state index contributed by atoms with van der Waals surface area (Å²) in [4.78, 5) is 49.3. The van der Waals surface area contributed by atoms with Gasteiger partial charge in [-0.15, -0.1) is 0 Å². The second-order valence-electron chi connectivity index (χ2n) is 7.00. The summed E-state index contributed by atoms with van der Waals surface area (Å²) in [5.41, 5.74) is -1.51. The maximum Gasteiger partial charge on any atom is 0.416 e. The number of alkyl halides is 3. The molecule has 1 atom stereocenters. The number of nitrogens with zero attached hydrogens (tertiary/aromatic N) is 1. The van der Waals surface area contributed by atoms with Crippen molar-refractivity contribution in [1.82, 2.24) is 4.98 Å². The third kappa shape index (κ3) is 5.67. The van der Waals surface area contributed by atoms with Gasteiger partial charge in [0.15, 0.2) is 6.61 Å². The van der Waals surface area contributed by atoms with Crippen molar-refractivity contribution in [2.24, 2.45) is 0 Å². The lowest BCUT2D eigenvalue weighted by molar-refractivity contribution is -0.384. The number of nitrogens with one attached hydrogen (secondary N) is 2. The van der Waals surface area contributed by atoms with Gasteiger partial charge in [-0.3, -0.25) is 14.9 Å². The number of ether oxygens (including phenoxy) is 2. The van der Waals surface area contributed by atoms with Crippen LogP contribution < -0.4 is 5.32 Å². The number of carbonyl (C=O) groups is 3. The average Bonchev–Trinajstić information content (AvgIpc) is 3.04. The molecule has 0 saturated heterocycles. The lowest BCUT2D eigenvalue weighted by Crippen LogP contribution is -2.30. The highest BCUT2D eigenvalue weighted by Gasteiger charge is 2.33.